The molecule has 1 N–H and O–H groups in total. The number of aryl methyl sites for hydroxylation is 2. The Morgan fingerprint density at radius 3 is 2.21 bits per heavy atom. The summed E-state index contributed by atoms with van der Waals surface area (Å²) in [6.07, 6.45) is 4.99. The van der Waals surface area contributed by atoms with Gasteiger partial charge in [-0.3, -0.25) is 0 Å². The summed E-state index contributed by atoms with van der Waals surface area (Å²) in [6.45, 7) is 9.95. The largest absolute Gasteiger partial charge is 0.314 e. The topological polar surface area (TPSA) is 37.8 Å². The van der Waals surface area contributed by atoms with Gasteiger partial charge >= 0.3 is 0 Å². The van der Waals surface area contributed by atoms with Crippen molar-refractivity contribution in [3.63, 3.8) is 0 Å². The Hall–Kier alpha value is -0.960. The fourth-order valence-corrected chi connectivity index (χ4v) is 2.88. The maximum atomic E-state index is 4.77. The summed E-state index contributed by atoms with van der Waals surface area (Å²) < 4.78 is 0. The lowest BCUT2D eigenvalue weighted by Gasteiger charge is -2.12. The van der Waals surface area contributed by atoms with Gasteiger partial charge in [0.15, 0.2) is 0 Å². The molecule has 0 amide bonds. The van der Waals surface area contributed by atoms with Crippen LogP contribution in [0.15, 0.2) is 0 Å². The van der Waals surface area contributed by atoms with Crippen LogP contribution in [0, 0.1) is 19.3 Å². The molecular formula is C16H25N3. The minimum absolute atomic E-state index is 0.411. The second kappa shape index (κ2) is 4.55. The molecular weight excluding hydrogens is 234 g/mol. The van der Waals surface area contributed by atoms with Gasteiger partial charge in [-0.1, -0.05) is 13.8 Å². The average molecular weight is 259 g/mol. The molecule has 2 aliphatic rings. The van der Waals surface area contributed by atoms with Crippen LogP contribution < -0.4 is 5.32 Å². The zero-order valence-electron chi connectivity index (χ0n) is 12.6. The maximum Gasteiger partial charge on any atom is 0.132 e. The summed E-state index contributed by atoms with van der Waals surface area (Å²) >= 11 is 0. The zero-order chi connectivity index (χ0) is 13.6. The van der Waals surface area contributed by atoms with Crippen LogP contribution in [-0.2, 0) is 6.42 Å². The molecule has 19 heavy (non-hydrogen) atoms. The van der Waals surface area contributed by atoms with Gasteiger partial charge in [0.25, 0.3) is 0 Å². The molecule has 2 aliphatic carbocycles. The van der Waals surface area contributed by atoms with E-state index in [1.54, 1.807) is 0 Å². The molecule has 0 aromatic carbocycles. The van der Waals surface area contributed by atoms with Crippen LogP contribution in [0.2, 0.25) is 0 Å². The highest BCUT2D eigenvalue weighted by atomic mass is 15.0. The Labute approximate surface area is 116 Å². The van der Waals surface area contributed by atoms with Gasteiger partial charge < -0.3 is 5.32 Å². The van der Waals surface area contributed by atoms with Crippen LogP contribution in [0.1, 0.15) is 61.8 Å². The molecule has 0 aliphatic heterocycles. The van der Waals surface area contributed by atoms with Crippen LogP contribution >= 0.6 is 0 Å². The van der Waals surface area contributed by atoms with Crippen LogP contribution in [-0.4, -0.2) is 22.6 Å². The highest BCUT2D eigenvalue weighted by Gasteiger charge is 2.48. The molecule has 0 radical (unpaired) electrons. The SMILES string of the molecule is Cc1nc(C2CC2(C)C)nc(C)c1CCNC1CC1. The van der Waals surface area contributed by atoms with Crippen molar-refractivity contribution in [1.29, 1.82) is 0 Å². The lowest BCUT2D eigenvalue weighted by atomic mass is 10.1. The van der Waals surface area contributed by atoms with Crippen molar-refractivity contribution in [1.82, 2.24) is 15.3 Å². The van der Waals surface area contributed by atoms with Crippen molar-refractivity contribution in [2.75, 3.05) is 6.54 Å². The van der Waals surface area contributed by atoms with Crippen molar-refractivity contribution in [3.8, 4) is 0 Å². The molecule has 3 rings (SSSR count). The third kappa shape index (κ3) is 2.81. The van der Waals surface area contributed by atoms with Crippen LogP contribution in [0.3, 0.4) is 0 Å². The first kappa shape index (κ1) is 13.0. The van der Waals surface area contributed by atoms with Crippen LogP contribution in [0.4, 0.5) is 0 Å². The first-order valence-corrected chi connectivity index (χ1v) is 7.55. The smallest absolute Gasteiger partial charge is 0.132 e. The predicted molar refractivity (Wildman–Crippen MR) is 77.4 cm³/mol. The Morgan fingerprint density at radius 1 is 1.16 bits per heavy atom. The van der Waals surface area contributed by atoms with Gasteiger partial charge in [0.1, 0.15) is 5.82 Å². The Balaban J connectivity index is 1.70. The molecule has 2 fully saturated rings. The summed E-state index contributed by atoms with van der Waals surface area (Å²) in [5.74, 6) is 1.64. The highest BCUT2D eigenvalue weighted by molar-refractivity contribution is 5.28. The summed E-state index contributed by atoms with van der Waals surface area (Å²) in [7, 11) is 0. The van der Waals surface area contributed by atoms with E-state index >= 15 is 0 Å². The Kier molecular flexibility index (Phi) is 3.12. The number of hydrogen-bond acceptors (Lipinski definition) is 3. The van der Waals surface area contributed by atoms with E-state index in [0.29, 0.717) is 11.3 Å². The fraction of sp³-hybridized carbons (Fsp3) is 0.750. The highest BCUT2D eigenvalue weighted by Crippen LogP contribution is 2.57. The molecule has 1 aromatic rings. The van der Waals surface area contributed by atoms with Crippen molar-refractivity contribution in [3.05, 3.63) is 22.8 Å². The third-order valence-electron chi connectivity index (χ3n) is 4.65. The molecule has 0 spiro atoms. The first-order chi connectivity index (χ1) is 8.97. The summed E-state index contributed by atoms with van der Waals surface area (Å²) in [5.41, 5.74) is 4.12. The fourth-order valence-electron chi connectivity index (χ4n) is 2.88. The van der Waals surface area contributed by atoms with Crippen molar-refractivity contribution >= 4 is 0 Å². The first-order valence-electron chi connectivity index (χ1n) is 7.55. The third-order valence-corrected chi connectivity index (χ3v) is 4.65. The minimum Gasteiger partial charge on any atom is -0.314 e. The number of nitrogens with zero attached hydrogens (tertiary/aromatic N) is 2. The molecule has 3 heteroatoms. The zero-order valence-corrected chi connectivity index (χ0v) is 12.6. The number of aromatic nitrogens is 2. The number of rotatable bonds is 5. The second-order valence-electron chi connectivity index (χ2n) is 6.95. The predicted octanol–water partition coefficient (Wildman–Crippen LogP) is 2.90. The molecule has 0 saturated heterocycles. The minimum atomic E-state index is 0.411. The Morgan fingerprint density at radius 2 is 1.74 bits per heavy atom. The molecule has 1 aromatic heterocycles. The normalized spacial score (nSPS) is 24.5. The van der Waals surface area contributed by atoms with Gasteiger partial charge in [0.2, 0.25) is 0 Å². The molecule has 1 atom stereocenters. The van der Waals surface area contributed by atoms with E-state index in [1.807, 2.05) is 0 Å². The maximum absolute atomic E-state index is 4.77. The molecule has 0 bridgehead atoms. The van der Waals surface area contributed by atoms with Gasteiger partial charge in [-0.25, -0.2) is 9.97 Å². The van der Waals surface area contributed by atoms with Gasteiger partial charge in [0, 0.05) is 23.3 Å². The molecule has 1 unspecified atom stereocenters. The summed E-state index contributed by atoms with van der Waals surface area (Å²) in [4.78, 5) is 9.53. The van der Waals surface area contributed by atoms with Crippen LogP contribution in [0.25, 0.3) is 0 Å². The average Bonchev–Trinajstić information content (AvgIpc) is 3.21. The molecule has 1 heterocycles. The van der Waals surface area contributed by atoms with Gasteiger partial charge in [-0.05, 0) is 57.1 Å². The van der Waals surface area contributed by atoms with E-state index < -0.39 is 0 Å². The summed E-state index contributed by atoms with van der Waals surface area (Å²) in [6, 6.07) is 0.785. The van der Waals surface area contributed by atoms with Gasteiger partial charge in [-0.15, -0.1) is 0 Å². The lowest BCUT2D eigenvalue weighted by Crippen LogP contribution is -2.20. The van der Waals surface area contributed by atoms with Gasteiger partial charge in [0.05, 0.1) is 0 Å². The van der Waals surface area contributed by atoms with Gasteiger partial charge in [-0.2, -0.15) is 0 Å². The molecule has 3 nitrogen and oxygen atoms in total. The summed E-state index contributed by atoms with van der Waals surface area (Å²) in [5, 5.41) is 3.57. The van der Waals surface area contributed by atoms with E-state index in [1.165, 1.54) is 36.2 Å². The number of nitrogens with one attached hydrogen (secondary N) is 1. The van der Waals surface area contributed by atoms with E-state index in [9.17, 15) is 0 Å². The second-order valence-corrected chi connectivity index (χ2v) is 6.95. The number of hydrogen-bond donors (Lipinski definition) is 1. The lowest BCUT2D eigenvalue weighted by molar-refractivity contribution is 0.604. The van der Waals surface area contributed by atoms with Crippen molar-refractivity contribution in [2.24, 2.45) is 5.41 Å². The van der Waals surface area contributed by atoms with E-state index in [2.05, 4.69) is 33.0 Å². The van der Waals surface area contributed by atoms with E-state index in [0.717, 1.165) is 24.8 Å². The van der Waals surface area contributed by atoms with E-state index in [4.69, 9.17) is 9.97 Å². The molecule has 104 valence electrons. The van der Waals surface area contributed by atoms with Crippen LogP contribution in [0.5, 0.6) is 0 Å². The molecule has 2 saturated carbocycles. The monoisotopic (exact) mass is 259 g/mol. The van der Waals surface area contributed by atoms with Crippen molar-refractivity contribution in [2.45, 2.75) is 65.3 Å². The standard InChI is InChI=1S/C16H25N3/c1-10-13(7-8-17-12-5-6-12)11(2)19-15(18-10)14-9-16(14,3)4/h12,14,17H,5-9H2,1-4H3. The quantitative estimate of drug-likeness (QED) is 0.883. The Bertz CT molecular complexity index is 466. The van der Waals surface area contributed by atoms with E-state index in [-0.39, 0.29) is 0 Å². The van der Waals surface area contributed by atoms with Crippen molar-refractivity contribution < 1.29 is 0 Å².